The van der Waals surface area contributed by atoms with Gasteiger partial charge in [-0.25, -0.2) is 0 Å². The Morgan fingerprint density at radius 3 is 2.81 bits per heavy atom. The summed E-state index contributed by atoms with van der Waals surface area (Å²) >= 11 is 12.1. The van der Waals surface area contributed by atoms with Crippen LogP contribution in [0.2, 0.25) is 10.0 Å². The molecule has 1 aromatic heterocycles. The summed E-state index contributed by atoms with van der Waals surface area (Å²) in [6.07, 6.45) is 7.04. The number of carbonyl (C=O) groups excluding carboxylic acids is 1. The minimum absolute atomic E-state index is 0.119. The van der Waals surface area contributed by atoms with Gasteiger partial charge in [-0.05, 0) is 56.1 Å². The first-order chi connectivity index (χ1) is 17.5. The van der Waals surface area contributed by atoms with Crippen LogP contribution >= 0.6 is 23.2 Å². The van der Waals surface area contributed by atoms with Gasteiger partial charge >= 0.3 is 0 Å². The van der Waals surface area contributed by atoms with Crippen LogP contribution in [0.1, 0.15) is 41.6 Å². The van der Waals surface area contributed by atoms with Crippen molar-refractivity contribution in [3.8, 4) is 5.75 Å². The molecule has 36 heavy (non-hydrogen) atoms. The molecule has 0 aliphatic carbocycles. The molecule has 2 aliphatic rings. The second-order valence-corrected chi connectivity index (χ2v) is 10.7. The predicted molar refractivity (Wildman–Crippen MR) is 146 cm³/mol. The largest absolute Gasteiger partial charge is 0.495 e. The number of methoxy groups -OCH3 is 1. The maximum Gasteiger partial charge on any atom is 0.253 e. The summed E-state index contributed by atoms with van der Waals surface area (Å²) in [7, 11) is 1.68. The molecular formula is C28H34Cl2N4O2. The number of nitrogens with one attached hydrogen (secondary N) is 1. The van der Waals surface area contributed by atoms with Gasteiger partial charge in [0.2, 0.25) is 0 Å². The van der Waals surface area contributed by atoms with Crippen molar-refractivity contribution in [3.63, 3.8) is 0 Å². The van der Waals surface area contributed by atoms with Crippen molar-refractivity contribution in [2.75, 3.05) is 39.8 Å². The van der Waals surface area contributed by atoms with Gasteiger partial charge in [-0.15, -0.1) is 0 Å². The predicted octanol–water partition coefficient (Wildman–Crippen LogP) is 5.45. The molecule has 0 radical (unpaired) electrons. The standard InChI is InChI=1S/C28H34Cl2N4O2/c1-36-26-8-4-7-22-23(28(35)31-17-20-9-10-24(29)25(30)16-20)19-34(27(22)26)13-5-11-32-14-15-33-12-3-2-6-21(33)18-32/h4,7-10,16,19,21H,2-3,5-6,11-15,17-18H2,1H3,(H,31,35). The van der Waals surface area contributed by atoms with Gasteiger partial charge in [0.05, 0.1) is 28.2 Å². The van der Waals surface area contributed by atoms with E-state index >= 15 is 0 Å². The molecule has 192 valence electrons. The fourth-order valence-electron chi connectivity index (χ4n) is 5.66. The number of rotatable bonds is 8. The Labute approximate surface area is 223 Å². The number of ether oxygens (including phenoxy) is 1. The zero-order valence-electron chi connectivity index (χ0n) is 20.8. The number of piperidine rings is 1. The maximum absolute atomic E-state index is 13.2. The van der Waals surface area contributed by atoms with Crippen LogP contribution in [0.5, 0.6) is 5.75 Å². The van der Waals surface area contributed by atoms with Crippen molar-refractivity contribution in [3.05, 3.63) is 63.8 Å². The average molecular weight is 530 g/mol. The summed E-state index contributed by atoms with van der Waals surface area (Å²) in [4.78, 5) is 18.5. The smallest absolute Gasteiger partial charge is 0.253 e. The molecule has 3 aromatic rings. The van der Waals surface area contributed by atoms with E-state index in [1.807, 2.05) is 30.5 Å². The molecule has 1 atom stereocenters. The number of piperazine rings is 1. The third-order valence-corrected chi connectivity index (χ3v) is 8.30. The highest BCUT2D eigenvalue weighted by molar-refractivity contribution is 6.42. The second kappa shape index (κ2) is 11.4. The van der Waals surface area contributed by atoms with E-state index in [-0.39, 0.29) is 5.91 Å². The molecular weight excluding hydrogens is 495 g/mol. The normalized spacial score (nSPS) is 18.8. The fraction of sp³-hybridized carbons (Fsp3) is 0.464. The SMILES string of the molecule is COc1cccc2c(C(=O)NCc3ccc(Cl)c(Cl)c3)cn(CCCN3CCN4CCCCC4C3)c12. The van der Waals surface area contributed by atoms with Crippen LogP contribution in [-0.2, 0) is 13.1 Å². The zero-order chi connectivity index (χ0) is 25.1. The van der Waals surface area contributed by atoms with Crippen molar-refractivity contribution in [2.45, 2.75) is 44.8 Å². The highest BCUT2D eigenvalue weighted by Gasteiger charge is 2.28. The molecule has 5 rings (SSSR count). The van der Waals surface area contributed by atoms with Crippen molar-refractivity contribution >= 4 is 40.0 Å². The van der Waals surface area contributed by atoms with Gasteiger partial charge in [0.15, 0.2) is 0 Å². The Kier molecular flexibility index (Phi) is 8.06. The summed E-state index contributed by atoms with van der Waals surface area (Å²) in [5.41, 5.74) is 2.52. The van der Waals surface area contributed by atoms with Crippen molar-refractivity contribution in [2.24, 2.45) is 0 Å². The van der Waals surface area contributed by atoms with Crippen LogP contribution in [-0.4, -0.2) is 66.1 Å². The summed E-state index contributed by atoms with van der Waals surface area (Å²) < 4.78 is 7.85. The Hall–Kier alpha value is -2.25. The maximum atomic E-state index is 13.2. The summed E-state index contributed by atoms with van der Waals surface area (Å²) in [5, 5.41) is 4.91. The molecule has 2 fully saturated rings. The molecule has 0 bridgehead atoms. The molecule has 2 aliphatic heterocycles. The Balaban J connectivity index is 1.27. The average Bonchev–Trinajstić information content (AvgIpc) is 3.28. The van der Waals surface area contributed by atoms with Crippen molar-refractivity contribution in [1.82, 2.24) is 19.7 Å². The molecule has 1 unspecified atom stereocenters. The molecule has 6 nitrogen and oxygen atoms in total. The Bertz CT molecular complexity index is 1230. The lowest BCUT2D eigenvalue weighted by molar-refractivity contribution is 0.0484. The van der Waals surface area contributed by atoms with Crippen molar-refractivity contribution < 1.29 is 9.53 Å². The molecule has 1 amide bonds. The third kappa shape index (κ3) is 5.52. The lowest BCUT2D eigenvalue weighted by atomic mass is 9.99. The number of fused-ring (bicyclic) bond motifs is 2. The van der Waals surface area contributed by atoms with Crippen LogP contribution < -0.4 is 10.1 Å². The van der Waals surface area contributed by atoms with Crippen LogP contribution in [0.25, 0.3) is 10.9 Å². The molecule has 3 heterocycles. The molecule has 0 spiro atoms. The van der Waals surface area contributed by atoms with Gasteiger partial charge < -0.3 is 19.5 Å². The number of benzene rings is 2. The van der Waals surface area contributed by atoms with Gasteiger partial charge in [-0.2, -0.15) is 0 Å². The molecule has 0 saturated carbocycles. The number of hydrogen-bond acceptors (Lipinski definition) is 4. The Morgan fingerprint density at radius 1 is 1.08 bits per heavy atom. The summed E-state index contributed by atoms with van der Waals surface area (Å²) in [6.45, 7) is 7.06. The van der Waals surface area contributed by atoms with Gasteiger partial charge in [0.25, 0.3) is 5.91 Å². The van der Waals surface area contributed by atoms with E-state index in [1.165, 1.54) is 38.9 Å². The van der Waals surface area contributed by atoms with Crippen LogP contribution in [0, 0.1) is 0 Å². The van der Waals surface area contributed by atoms with E-state index in [1.54, 1.807) is 19.2 Å². The Morgan fingerprint density at radius 2 is 1.97 bits per heavy atom. The van der Waals surface area contributed by atoms with Gasteiger partial charge in [-0.1, -0.05) is 47.8 Å². The first-order valence-electron chi connectivity index (χ1n) is 12.9. The van der Waals surface area contributed by atoms with Gasteiger partial charge in [0.1, 0.15) is 5.75 Å². The minimum atomic E-state index is -0.119. The van der Waals surface area contributed by atoms with E-state index in [4.69, 9.17) is 27.9 Å². The van der Waals surface area contributed by atoms with E-state index in [9.17, 15) is 4.79 Å². The first-order valence-corrected chi connectivity index (χ1v) is 13.6. The first kappa shape index (κ1) is 25.4. The fourth-order valence-corrected chi connectivity index (χ4v) is 5.98. The number of carbonyl (C=O) groups is 1. The monoisotopic (exact) mass is 528 g/mol. The van der Waals surface area contributed by atoms with Crippen LogP contribution in [0.3, 0.4) is 0 Å². The van der Waals surface area contributed by atoms with E-state index in [0.29, 0.717) is 22.2 Å². The lowest BCUT2D eigenvalue weighted by Gasteiger charge is -2.44. The summed E-state index contributed by atoms with van der Waals surface area (Å²) in [6, 6.07) is 12.0. The minimum Gasteiger partial charge on any atom is -0.495 e. The van der Waals surface area contributed by atoms with Crippen LogP contribution in [0.4, 0.5) is 0 Å². The summed E-state index contributed by atoms with van der Waals surface area (Å²) in [5.74, 6) is 0.665. The number of amides is 1. The molecule has 1 N–H and O–H groups in total. The second-order valence-electron chi connectivity index (χ2n) is 9.86. The number of para-hydroxylation sites is 1. The van der Waals surface area contributed by atoms with Crippen LogP contribution in [0.15, 0.2) is 42.6 Å². The van der Waals surface area contributed by atoms with Crippen molar-refractivity contribution in [1.29, 1.82) is 0 Å². The molecule has 2 saturated heterocycles. The highest BCUT2D eigenvalue weighted by Crippen LogP contribution is 2.31. The molecule has 2 aromatic carbocycles. The number of aromatic nitrogens is 1. The van der Waals surface area contributed by atoms with E-state index in [2.05, 4.69) is 19.7 Å². The molecule has 8 heteroatoms. The number of halogens is 2. The number of hydrogen-bond donors (Lipinski definition) is 1. The number of nitrogens with zero attached hydrogens (tertiary/aromatic N) is 3. The third-order valence-electron chi connectivity index (χ3n) is 7.56. The van der Waals surface area contributed by atoms with E-state index < -0.39 is 0 Å². The van der Waals surface area contributed by atoms with E-state index in [0.717, 1.165) is 54.3 Å². The topological polar surface area (TPSA) is 49.7 Å². The lowest BCUT2D eigenvalue weighted by Crippen LogP contribution is -2.54. The highest BCUT2D eigenvalue weighted by atomic mass is 35.5. The van der Waals surface area contributed by atoms with Gasteiger partial charge in [0, 0.05) is 50.3 Å². The van der Waals surface area contributed by atoms with Gasteiger partial charge in [-0.3, -0.25) is 9.69 Å². The quantitative estimate of drug-likeness (QED) is 0.422. The zero-order valence-corrected chi connectivity index (χ0v) is 22.3. The number of aryl methyl sites for hydroxylation is 1.